The van der Waals surface area contributed by atoms with Gasteiger partial charge in [0.25, 0.3) is 5.91 Å². The lowest BCUT2D eigenvalue weighted by molar-refractivity contribution is -0.148. The Morgan fingerprint density at radius 1 is 1.29 bits per heavy atom. The molecular formula is C13H15NO3. The minimum Gasteiger partial charge on any atom is -0.480 e. The van der Waals surface area contributed by atoms with Gasteiger partial charge in [-0.3, -0.25) is 4.79 Å². The Balaban J connectivity index is 2.17. The van der Waals surface area contributed by atoms with Crippen LogP contribution < -0.4 is 5.32 Å². The zero-order chi connectivity index (χ0) is 12.5. The Morgan fingerprint density at radius 2 is 1.94 bits per heavy atom. The first-order valence-corrected chi connectivity index (χ1v) is 5.67. The van der Waals surface area contributed by atoms with E-state index in [-0.39, 0.29) is 5.91 Å². The number of hydrogen-bond acceptors (Lipinski definition) is 2. The molecule has 0 saturated heterocycles. The predicted molar refractivity (Wildman–Crippen MR) is 62.9 cm³/mol. The summed E-state index contributed by atoms with van der Waals surface area (Å²) < 4.78 is 0. The molecule has 4 heteroatoms. The normalized spacial score (nSPS) is 17.0. The number of rotatable bonds is 3. The Kier molecular flexibility index (Phi) is 2.88. The maximum absolute atomic E-state index is 12.0. The molecule has 1 aliphatic rings. The van der Waals surface area contributed by atoms with E-state index in [1.165, 1.54) is 0 Å². The van der Waals surface area contributed by atoms with Crippen LogP contribution in [0.2, 0.25) is 0 Å². The van der Waals surface area contributed by atoms with Gasteiger partial charge in [0.2, 0.25) is 0 Å². The molecule has 0 atom stereocenters. The van der Waals surface area contributed by atoms with Crippen LogP contribution in [0.15, 0.2) is 24.3 Å². The molecule has 0 heterocycles. The van der Waals surface area contributed by atoms with Gasteiger partial charge in [0.15, 0.2) is 0 Å². The molecule has 1 fully saturated rings. The number of benzene rings is 1. The molecule has 0 radical (unpaired) electrons. The molecule has 0 aromatic heterocycles. The maximum atomic E-state index is 12.0. The molecule has 2 N–H and O–H groups in total. The van der Waals surface area contributed by atoms with E-state index >= 15 is 0 Å². The number of nitrogens with one attached hydrogen (secondary N) is 1. The first kappa shape index (κ1) is 11.6. The molecular weight excluding hydrogens is 218 g/mol. The van der Waals surface area contributed by atoms with Crippen LogP contribution in [0.25, 0.3) is 0 Å². The lowest BCUT2D eigenvalue weighted by atomic mass is 9.76. The summed E-state index contributed by atoms with van der Waals surface area (Å²) in [6.45, 7) is 1.84. The average molecular weight is 233 g/mol. The molecule has 0 bridgehead atoms. The van der Waals surface area contributed by atoms with E-state index in [1.807, 2.05) is 19.1 Å². The molecule has 1 aromatic rings. The summed E-state index contributed by atoms with van der Waals surface area (Å²) in [6, 6.07) is 7.17. The topological polar surface area (TPSA) is 66.4 Å². The third kappa shape index (κ3) is 2.02. The molecule has 90 valence electrons. The molecule has 1 aromatic carbocycles. The van der Waals surface area contributed by atoms with E-state index in [4.69, 9.17) is 5.11 Å². The SMILES string of the molecule is Cc1ccccc1C(=O)NC1(C(=O)O)CCC1. The zero-order valence-corrected chi connectivity index (χ0v) is 9.69. The van der Waals surface area contributed by atoms with Gasteiger partial charge in [0, 0.05) is 5.56 Å². The highest BCUT2D eigenvalue weighted by Gasteiger charge is 2.45. The molecule has 1 amide bonds. The Bertz CT molecular complexity index is 463. The molecule has 0 aliphatic heterocycles. The quantitative estimate of drug-likeness (QED) is 0.835. The van der Waals surface area contributed by atoms with E-state index in [2.05, 4.69) is 5.32 Å². The molecule has 4 nitrogen and oxygen atoms in total. The van der Waals surface area contributed by atoms with Crippen molar-refractivity contribution in [2.45, 2.75) is 31.7 Å². The highest BCUT2D eigenvalue weighted by atomic mass is 16.4. The van der Waals surface area contributed by atoms with Crippen LogP contribution >= 0.6 is 0 Å². The highest BCUT2D eigenvalue weighted by molar-refractivity contribution is 5.99. The minimum atomic E-state index is -1.04. The molecule has 1 saturated carbocycles. The fourth-order valence-electron chi connectivity index (χ4n) is 2.03. The summed E-state index contributed by atoms with van der Waals surface area (Å²) in [5.41, 5.74) is 0.351. The lowest BCUT2D eigenvalue weighted by Crippen LogP contribution is -2.59. The molecule has 0 unspecified atom stereocenters. The summed E-state index contributed by atoms with van der Waals surface area (Å²) >= 11 is 0. The number of amides is 1. The second-order valence-electron chi connectivity index (χ2n) is 4.51. The van der Waals surface area contributed by atoms with Crippen LogP contribution in [0.3, 0.4) is 0 Å². The van der Waals surface area contributed by atoms with E-state index < -0.39 is 11.5 Å². The van der Waals surface area contributed by atoms with Crippen molar-refractivity contribution < 1.29 is 14.7 Å². The second-order valence-corrected chi connectivity index (χ2v) is 4.51. The van der Waals surface area contributed by atoms with Crippen molar-refractivity contribution in [2.75, 3.05) is 0 Å². The number of carboxylic acids is 1. The summed E-state index contributed by atoms with van der Waals surface area (Å²) in [5.74, 6) is -1.24. The molecule has 0 spiro atoms. The second kappa shape index (κ2) is 4.20. The monoisotopic (exact) mass is 233 g/mol. The first-order valence-electron chi connectivity index (χ1n) is 5.67. The van der Waals surface area contributed by atoms with Gasteiger partial charge in [-0.25, -0.2) is 4.79 Å². The van der Waals surface area contributed by atoms with E-state index in [0.717, 1.165) is 12.0 Å². The van der Waals surface area contributed by atoms with Gasteiger partial charge in [-0.2, -0.15) is 0 Å². The molecule has 2 rings (SSSR count). The van der Waals surface area contributed by atoms with Crippen LogP contribution in [-0.4, -0.2) is 22.5 Å². The van der Waals surface area contributed by atoms with Crippen molar-refractivity contribution in [3.05, 3.63) is 35.4 Å². The Labute approximate surface area is 99.6 Å². The molecule has 1 aliphatic carbocycles. The van der Waals surface area contributed by atoms with E-state index in [9.17, 15) is 9.59 Å². The van der Waals surface area contributed by atoms with Crippen molar-refractivity contribution in [1.82, 2.24) is 5.32 Å². The number of aliphatic carboxylic acids is 1. The maximum Gasteiger partial charge on any atom is 0.329 e. The smallest absolute Gasteiger partial charge is 0.329 e. The Morgan fingerprint density at radius 3 is 2.41 bits per heavy atom. The van der Waals surface area contributed by atoms with Crippen LogP contribution in [0.5, 0.6) is 0 Å². The van der Waals surface area contributed by atoms with Crippen molar-refractivity contribution >= 4 is 11.9 Å². The van der Waals surface area contributed by atoms with Gasteiger partial charge in [-0.1, -0.05) is 18.2 Å². The van der Waals surface area contributed by atoms with Crippen molar-refractivity contribution in [3.63, 3.8) is 0 Å². The van der Waals surface area contributed by atoms with E-state index in [1.54, 1.807) is 12.1 Å². The number of carbonyl (C=O) groups excluding carboxylic acids is 1. The standard InChI is InChI=1S/C13H15NO3/c1-9-5-2-3-6-10(9)11(15)14-13(12(16)17)7-4-8-13/h2-3,5-6H,4,7-8H2,1H3,(H,14,15)(H,16,17). The summed E-state index contributed by atoms with van der Waals surface area (Å²) in [5, 5.41) is 11.8. The van der Waals surface area contributed by atoms with E-state index in [0.29, 0.717) is 18.4 Å². The number of carboxylic acid groups (broad SMARTS) is 1. The van der Waals surface area contributed by atoms with Gasteiger partial charge in [0.1, 0.15) is 5.54 Å². The highest BCUT2D eigenvalue weighted by Crippen LogP contribution is 2.32. The first-order chi connectivity index (χ1) is 8.05. The van der Waals surface area contributed by atoms with Gasteiger partial charge in [0.05, 0.1) is 0 Å². The molecule has 17 heavy (non-hydrogen) atoms. The van der Waals surface area contributed by atoms with Gasteiger partial charge < -0.3 is 10.4 Å². The summed E-state index contributed by atoms with van der Waals surface area (Å²) in [7, 11) is 0. The average Bonchev–Trinajstić information content (AvgIpc) is 2.23. The minimum absolute atomic E-state index is 0.301. The fraction of sp³-hybridized carbons (Fsp3) is 0.385. The largest absolute Gasteiger partial charge is 0.480 e. The fourth-order valence-corrected chi connectivity index (χ4v) is 2.03. The number of hydrogen-bond donors (Lipinski definition) is 2. The van der Waals surface area contributed by atoms with Gasteiger partial charge in [-0.15, -0.1) is 0 Å². The van der Waals surface area contributed by atoms with Crippen molar-refractivity contribution in [2.24, 2.45) is 0 Å². The van der Waals surface area contributed by atoms with Gasteiger partial charge in [-0.05, 0) is 37.8 Å². The lowest BCUT2D eigenvalue weighted by Gasteiger charge is -2.38. The van der Waals surface area contributed by atoms with Gasteiger partial charge >= 0.3 is 5.97 Å². The van der Waals surface area contributed by atoms with Crippen molar-refractivity contribution in [1.29, 1.82) is 0 Å². The zero-order valence-electron chi connectivity index (χ0n) is 9.69. The number of aryl methyl sites for hydroxylation is 1. The third-order valence-corrected chi connectivity index (χ3v) is 3.36. The van der Waals surface area contributed by atoms with Crippen LogP contribution in [-0.2, 0) is 4.79 Å². The van der Waals surface area contributed by atoms with Crippen molar-refractivity contribution in [3.8, 4) is 0 Å². The summed E-state index contributed by atoms with van der Waals surface area (Å²) in [4.78, 5) is 23.1. The van der Waals surface area contributed by atoms with Crippen LogP contribution in [0.1, 0.15) is 35.2 Å². The van der Waals surface area contributed by atoms with Crippen LogP contribution in [0.4, 0.5) is 0 Å². The Hall–Kier alpha value is -1.84. The number of carbonyl (C=O) groups is 2. The summed E-state index contributed by atoms with van der Waals surface area (Å²) in [6.07, 6.45) is 1.88. The third-order valence-electron chi connectivity index (χ3n) is 3.36. The predicted octanol–water partition coefficient (Wildman–Crippen LogP) is 1.73. The van der Waals surface area contributed by atoms with Crippen LogP contribution in [0, 0.1) is 6.92 Å².